The molecule has 0 radical (unpaired) electrons. The van der Waals surface area contributed by atoms with Gasteiger partial charge in [0, 0.05) is 21.8 Å². The van der Waals surface area contributed by atoms with E-state index in [4.69, 9.17) is 0 Å². The number of hydrogen-bond donors (Lipinski definition) is 0. The van der Waals surface area contributed by atoms with E-state index in [1.807, 2.05) is 0 Å². The van der Waals surface area contributed by atoms with Crippen LogP contribution < -0.4 is 4.57 Å². The summed E-state index contributed by atoms with van der Waals surface area (Å²) in [5, 5.41) is 4.00. The van der Waals surface area contributed by atoms with Crippen molar-refractivity contribution in [3.63, 3.8) is 0 Å². The Morgan fingerprint density at radius 2 is 1.58 bits per heavy atom. The average Bonchev–Trinajstić information content (AvgIpc) is 3.18. The van der Waals surface area contributed by atoms with Crippen LogP contribution in [0, 0.1) is 20.8 Å². The maximum atomic E-state index is 4.34. The summed E-state index contributed by atoms with van der Waals surface area (Å²) >= 11 is 0. The number of imidazole rings is 1. The number of rotatable bonds is 2. The summed E-state index contributed by atoms with van der Waals surface area (Å²) in [5.74, 6) is 0. The molecule has 0 saturated carbocycles. The van der Waals surface area contributed by atoms with Crippen LogP contribution in [0.25, 0.3) is 38.6 Å². The Morgan fingerprint density at radius 3 is 2.27 bits per heavy atom. The lowest BCUT2D eigenvalue weighted by atomic mass is 9.65. The van der Waals surface area contributed by atoms with Crippen LogP contribution in [0.15, 0.2) is 73.4 Å². The van der Waals surface area contributed by atoms with E-state index >= 15 is 0 Å². The summed E-state index contributed by atoms with van der Waals surface area (Å²) in [4.78, 5) is 0. The minimum atomic E-state index is -0.271. The molecule has 1 aliphatic rings. The van der Waals surface area contributed by atoms with Crippen molar-refractivity contribution in [2.45, 2.75) is 52.5 Å². The van der Waals surface area contributed by atoms with Gasteiger partial charge in [0.15, 0.2) is 5.69 Å². The van der Waals surface area contributed by atoms with Crippen molar-refractivity contribution in [1.29, 1.82) is 0 Å². The molecule has 3 heterocycles. The highest BCUT2D eigenvalue weighted by Gasteiger charge is 2.52. The molecule has 2 nitrogen and oxygen atoms in total. The Bertz CT molecular complexity index is 1630. The Labute approximate surface area is 195 Å². The summed E-state index contributed by atoms with van der Waals surface area (Å²) < 4.78 is 5.00. The summed E-state index contributed by atoms with van der Waals surface area (Å²) in [6, 6.07) is 20.3. The van der Waals surface area contributed by atoms with E-state index in [9.17, 15) is 0 Å². The lowest BCUT2D eigenvalue weighted by Gasteiger charge is -2.43. The zero-order chi connectivity index (χ0) is 23.3. The molecule has 33 heavy (non-hydrogen) atoms. The molecule has 0 amide bonds. The zero-order valence-corrected chi connectivity index (χ0v) is 20.5. The number of fused-ring (bicyclic) bond motifs is 3. The smallest absolute Gasteiger partial charge is 0.219 e. The van der Waals surface area contributed by atoms with Gasteiger partial charge in [-0.25, -0.2) is 4.57 Å². The molecule has 1 unspecified atom stereocenters. The van der Waals surface area contributed by atoms with Gasteiger partial charge in [0.1, 0.15) is 17.3 Å². The SMILES string of the molecule is C=CC1(C)[n+]2cc(-c3c(C)cccc3C)n3c4ccc(C)cc4c4cccc(c4c32)C1(C)C. The van der Waals surface area contributed by atoms with Gasteiger partial charge in [-0.2, -0.15) is 4.40 Å². The van der Waals surface area contributed by atoms with Crippen LogP contribution in [0.5, 0.6) is 0 Å². The van der Waals surface area contributed by atoms with Crippen LogP contribution in [0.2, 0.25) is 0 Å². The molecule has 5 aromatic rings. The fourth-order valence-electron chi connectivity index (χ4n) is 6.21. The van der Waals surface area contributed by atoms with Gasteiger partial charge in [0.05, 0.1) is 5.39 Å². The number of nitrogens with zero attached hydrogens (tertiary/aromatic N) is 2. The standard InChI is InChI=1S/C31H31N2/c1-8-31(7)30(5,6)24-14-10-13-22-23-17-19(2)15-16-25(23)33-26(18-32(31)29(33)28(22)24)27-20(3)11-9-12-21(27)4/h8-18H,1H2,2-7H3/q+1. The summed E-state index contributed by atoms with van der Waals surface area (Å²) in [6.45, 7) is 18.0. The second-order valence-corrected chi connectivity index (χ2v) is 10.5. The lowest BCUT2D eigenvalue weighted by Crippen LogP contribution is -2.64. The predicted molar refractivity (Wildman–Crippen MR) is 139 cm³/mol. The highest BCUT2D eigenvalue weighted by atomic mass is 15.2. The topological polar surface area (TPSA) is 8.29 Å². The monoisotopic (exact) mass is 431 g/mol. The average molecular weight is 432 g/mol. The number of hydrogen-bond acceptors (Lipinski definition) is 0. The summed E-state index contributed by atoms with van der Waals surface area (Å²) in [6.07, 6.45) is 4.52. The second-order valence-electron chi connectivity index (χ2n) is 10.5. The quantitative estimate of drug-likeness (QED) is 0.157. The Balaban J connectivity index is 1.99. The van der Waals surface area contributed by atoms with Crippen molar-refractivity contribution in [2.24, 2.45) is 0 Å². The molecule has 3 aromatic carbocycles. The molecule has 1 aliphatic heterocycles. The van der Waals surface area contributed by atoms with Gasteiger partial charge in [-0.3, -0.25) is 0 Å². The van der Waals surface area contributed by atoms with Crippen LogP contribution in [0.1, 0.15) is 43.0 Å². The maximum Gasteiger partial charge on any atom is 0.296 e. The fraction of sp³-hybridized carbons (Fsp3) is 0.258. The largest absolute Gasteiger partial charge is 0.296 e. The highest BCUT2D eigenvalue weighted by molar-refractivity contribution is 6.13. The minimum Gasteiger partial charge on any atom is -0.219 e. The second kappa shape index (κ2) is 6.35. The third-order valence-corrected chi connectivity index (χ3v) is 8.48. The van der Waals surface area contributed by atoms with Gasteiger partial charge in [-0.15, -0.1) is 0 Å². The molecule has 0 bridgehead atoms. The first-order chi connectivity index (χ1) is 15.7. The number of aryl methyl sites for hydroxylation is 3. The van der Waals surface area contributed by atoms with E-state index in [2.05, 4.69) is 124 Å². The van der Waals surface area contributed by atoms with Gasteiger partial charge in [0.25, 0.3) is 5.65 Å². The van der Waals surface area contributed by atoms with Crippen LogP contribution in [-0.2, 0) is 11.0 Å². The third-order valence-electron chi connectivity index (χ3n) is 8.48. The number of allylic oxidation sites excluding steroid dienone is 1. The first-order valence-corrected chi connectivity index (χ1v) is 11.8. The van der Waals surface area contributed by atoms with E-state index in [1.165, 1.54) is 60.8 Å². The molecular weight excluding hydrogens is 400 g/mol. The van der Waals surface area contributed by atoms with Crippen LogP contribution in [0.3, 0.4) is 0 Å². The maximum absolute atomic E-state index is 4.34. The van der Waals surface area contributed by atoms with E-state index in [-0.39, 0.29) is 11.0 Å². The van der Waals surface area contributed by atoms with Crippen LogP contribution >= 0.6 is 0 Å². The molecule has 164 valence electrons. The molecule has 0 aliphatic carbocycles. The van der Waals surface area contributed by atoms with E-state index in [1.54, 1.807) is 0 Å². The highest BCUT2D eigenvalue weighted by Crippen LogP contribution is 2.48. The van der Waals surface area contributed by atoms with Crippen molar-refractivity contribution in [1.82, 2.24) is 4.40 Å². The van der Waals surface area contributed by atoms with Gasteiger partial charge in [0.2, 0.25) is 0 Å². The Kier molecular flexibility index (Phi) is 3.89. The van der Waals surface area contributed by atoms with Gasteiger partial charge in [-0.05, 0) is 62.6 Å². The van der Waals surface area contributed by atoms with E-state index in [0.717, 1.165) is 0 Å². The summed E-state index contributed by atoms with van der Waals surface area (Å²) in [5.41, 5.74) is 9.96. The Morgan fingerprint density at radius 1 is 0.879 bits per heavy atom. The lowest BCUT2D eigenvalue weighted by molar-refractivity contribution is -0.735. The summed E-state index contributed by atoms with van der Waals surface area (Å²) in [7, 11) is 0. The molecule has 0 spiro atoms. The van der Waals surface area contributed by atoms with Crippen LogP contribution in [-0.4, -0.2) is 4.40 Å². The van der Waals surface area contributed by atoms with Gasteiger partial charge < -0.3 is 0 Å². The minimum absolute atomic E-state index is 0.122. The Hall–Kier alpha value is -3.39. The van der Waals surface area contributed by atoms with Crippen molar-refractivity contribution < 1.29 is 4.57 Å². The molecule has 6 rings (SSSR count). The first-order valence-electron chi connectivity index (χ1n) is 11.8. The number of pyridine rings is 1. The van der Waals surface area contributed by atoms with E-state index in [0.29, 0.717) is 0 Å². The number of benzene rings is 3. The normalized spacial score (nSPS) is 19.1. The molecule has 2 aromatic heterocycles. The van der Waals surface area contributed by atoms with Crippen molar-refractivity contribution in [3.8, 4) is 11.3 Å². The third kappa shape index (κ3) is 2.31. The van der Waals surface area contributed by atoms with Gasteiger partial charge >= 0.3 is 0 Å². The molecule has 0 saturated heterocycles. The first kappa shape index (κ1) is 20.2. The van der Waals surface area contributed by atoms with Crippen molar-refractivity contribution in [3.05, 3.63) is 95.7 Å². The predicted octanol–water partition coefficient (Wildman–Crippen LogP) is 7.32. The number of aromatic nitrogens is 2. The van der Waals surface area contributed by atoms with Crippen molar-refractivity contribution >= 4 is 27.3 Å². The molecule has 0 fully saturated rings. The molecule has 0 N–H and O–H groups in total. The van der Waals surface area contributed by atoms with Gasteiger partial charge in [-0.1, -0.05) is 68.5 Å². The van der Waals surface area contributed by atoms with Crippen LogP contribution in [0.4, 0.5) is 0 Å². The molecule has 1 atom stereocenters. The zero-order valence-electron chi connectivity index (χ0n) is 20.5. The fourth-order valence-corrected chi connectivity index (χ4v) is 6.21. The molecular formula is C31H31N2+. The van der Waals surface area contributed by atoms with Crippen molar-refractivity contribution in [2.75, 3.05) is 0 Å². The molecule has 2 heteroatoms. The van der Waals surface area contributed by atoms with E-state index < -0.39 is 0 Å².